The van der Waals surface area contributed by atoms with Gasteiger partial charge < -0.3 is 16.0 Å². The third-order valence-electron chi connectivity index (χ3n) is 5.71. The average Bonchev–Trinajstić information content (AvgIpc) is 3.26. The van der Waals surface area contributed by atoms with Crippen molar-refractivity contribution >= 4 is 16.5 Å². The van der Waals surface area contributed by atoms with Crippen molar-refractivity contribution in [3.63, 3.8) is 0 Å². The first-order valence-corrected chi connectivity index (χ1v) is 11.7. The first-order valence-electron chi connectivity index (χ1n) is 11.7. The highest BCUT2D eigenvalue weighted by Gasteiger charge is 2.20. The zero-order chi connectivity index (χ0) is 24.2. The van der Waals surface area contributed by atoms with E-state index in [9.17, 15) is 0 Å². The Morgan fingerprint density at radius 2 is 2.03 bits per heavy atom. The topological polar surface area (TPSA) is 53.8 Å². The molecule has 174 valence electrons. The Hall–Kier alpha value is -3.30. The van der Waals surface area contributed by atoms with Crippen molar-refractivity contribution < 1.29 is 0 Å². The number of hydrogen-bond acceptors (Lipinski definition) is 2. The summed E-state index contributed by atoms with van der Waals surface area (Å²) in [5, 5.41) is 4.82. The van der Waals surface area contributed by atoms with Crippen molar-refractivity contribution in [1.82, 2.24) is 10.3 Å². The highest BCUT2D eigenvalue weighted by atomic mass is 14.9. The molecule has 1 heterocycles. The molecule has 2 aromatic rings. The standard InChI is InChI=1S/C30H39N3/c1-7-11-12-15-25(9-3)30(33-26(10-4)19-22(5)8-2)23(6)28-21-32-29-17-16-24(14-13-18-31)20-27(28)29/h8-12,15-17,19-21,30,32-33H,3-4,6-7,13-14,18,31H2,1-2,5H3/b12-11-,22-8-,25-15+,26-19+. The van der Waals surface area contributed by atoms with Gasteiger partial charge in [0.25, 0.3) is 0 Å². The zero-order valence-electron chi connectivity index (χ0n) is 20.5. The van der Waals surface area contributed by atoms with Crippen molar-refractivity contribution in [3.05, 3.63) is 115 Å². The monoisotopic (exact) mass is 441 g/mol. The van der Waals surface area contributed by atoms with Crippen LogP contribution in [0.5, 0.6) is 0 Å². The van der Waals surface area contributed by atoms with Crippen LogP contribution in [0.2, 0.25) is 0 Å². The lowest BCUT2D eigenvalue weighted by molar-refractivity contribution is 0.797. The molecule has 1 unspecified atom stereocenters. The Balaban J connectivity index is 2.55. The summed E-state index contributed by atoms with van der Waals surface area (Å²) in [4.78, 5) is 3.41. The van der Waals surface area contributed by atoms with Crippen LogP contribution in [-0.2, 0) is 6.42 Å². The number of allylic oxidation sites excluding steroid dienone is 7. The van der Waals surface area contributed by atoms with Gasteiger partial charge in [-0.3, -0.25) is 0 Å². The molecule has 3 nitrogen and oxygen atoms in total. The Kier molecular flexibility index (Phi) is 10.5. The third-order valence-corrected chi connectivity index (χ3v) is 5.71. The van der Waals surface area contributed by atoms with E-state index in [2.05, 4.69) is 92.5 Å². The Labute approximate surface area is 199 Å². The number of benzene rings is 1. The Morgan fingerprint density at radius 1 is 1.24 bits per heavy atom. The lowest BCUT2D eigenvalue weighted by Crippen LogP contribution is -2.30. The van der Waals surface area contributed by atoms with Gasteiger partial charge in [0.2, 0.25) is 0 Å². The van der Waals surface area contributed by atoms with Crippen molar-refractivity contribution in [1.29, 1.82) is 0 Å². The smallest absolute Gasteiger partial charge is 0.0768 e. The van der Waals surface area contributed by atoms with Crippen LogP contribution < -0.4 is 11.1 Å². The second-order valence-corrected chi connectivity index (χ2v) is 8.12. The van der Waals surface area contributed by atoms with E-state index in [1.54, 1.807) is 0 Å². The second kappa shape index (κ2) is 13.3. The number of H-pyrrole nitrogens is 1. The molecule has 0 bridgehead atoms. The fourth-order valence-electron chi connectivity index (χ4n) is 3.67. The van der Waals surface area contributed by atoms with Gasteiger partial charge in [0.05, 0.1) is 6.04 Å². The number of nitrogens with two attached hydrogens (primary N) is 1. The molecular weight excluding hydrogens is 402 g/mol. The number of hydrogen-bond donors (Lipinski definition) is 3. The Morgan fingerprint density at radius 3 is 2.67 bits per heavy atom. The minimum absolute atomic E-state index is 0.162. The van der Waals surface area contributed by atoms with Crippen molar-refractivity contribution in [2.45, 2.75) is 46.1 Å². The number of nitrogens with one attached hydrogen (secondary N) is 2. The van der Waals surface area contributed by atoms with Gasteiger partial charge in [0.1, 0.15) is 0 Å². The first kappa shape index (κ1) is 26.0. The van der Waals surface area contributed by atoms with Crippen LogP contribution in [0.4, 0.5) is 0 Å². The van der Waals surface area contributed by atoms with Gasteiger partial charge in [-0.25, -0.2) is 0 Å². The highest BCUT2D eigenvalue weighted by Crippen LogP contribution is 2.30. The molecule has 1 aromatic heterocycles. The molecule has 0 aliphatic carbocycles. The normalized spacial score (nSPS) is 14.0. The van der Waals surface area contributed by atoms with E-state index in [0.717, 1.165) is 52.8 Å². The highest BCUT2D eigenvalue weighted by molar-refractivity contribution is 5.94. The van der Waals surface area contributed by atoms with Crippen LogP contribution in [0.15, 0.2) is 104 Å². The maximum Gasteiger partial charge on any atom is 0.0768 e. The van der Waals surface area contributed by atoms with E-state index in [1.165, 1.54) is 10.9 Å². The van der Waals surface area contributed by atoms with Crippen LogP contribution in [-0.4, -0.2) is 17.6 Å². The van der Waals surface area contributed by atoms with Gasteiger partial charge in [-0.15, -0.1) is 0 Å². The van der Waals surface area contributed by atoms with Crippen molar-refractivity contribution in [2.75, 3.05) is 6.54 Å². The molecule has 2 rings (SSSR count). The van der Waals surface area contributed by atoms with Crippen LogP contribution in [0, 0.1) is 0 Å². The van der Waals surface area contributed by atoms with Gasteiger partial charge in [-0.1, -0.05) is 68.7 Å². The number of aromatic amines is 1. The molecule has 0 spiro atoms. The van der Waals surface area contributed by atoms with Crippen LogP contribution in [0.25, 0.3) is 16.5 Å². The molecule has 4 N–H and O–H groups in total. The molecule has 0 aliphatic heterocycles. The van der Waals surface area contributed by atoms with Crippen LogP contribution >= 0.6 is 0 Å². The molecule has 0 aliphatic rings. The number of fused-ring (bicyclic) bond motifs is 1. The molecule has 33 heavy (non-hydrogen) atoms. The largest absolute Gasteiger partial charge is 0.374 e. The van der Waals surface area contributed by atoms with Gasteiger partial charge in [0.15, 0.2) is 0 Å². The predicted molar refractivity (Wildman–Crippen MR) is 147 cm³/mol. The molecule has 0 fully saturated rings. The fraction of sp³-hybridized carbons (Fsp3) is 0.267. The lowest BCUT2D eigenvalue weighted by Gasteiger charge is -2.24. The van der Waals surface area contributed by atoms with Crippen LogP contribution in [0.3, 0.4) is 0 Å². The van der Waals surface area contributed by atoms with Gasteiger partial charge in [-0.2, -0.15) is 0 Å². The maximum atomic E-state index is 5.72. The molecule has 0 saturated heterocycles. The first-order chi connectivity index (χ1) is 16.0. The summed E-state index contributed by atoms with van der Waals surface area (Å²) in [5.74, 6) is 0. The van der Waals surface area contributed by atoms with E-state index < -0.39 is 0 Å². The maximum absolute atomic E-state index is 5.72. The van der Waals surface area contributed by atoms with Crippen molar-refractivity contribution in [2.24, 2.45) is 5.73 Å². The molecule has 0 radical (unpaired) electrons. The minimum Gasteiger partial charge on any atom is -0.374 e. The summed E-state index contributed by atoms with van der Waals surface area (Å²) in [7, 11) is 0. The van der Waals surface area contributed by atoms with E-state index in [-0.39, 0.29) is 6.04 Å². The summed E-state index contributed by atoms with van der Waals surface area (Å²) in [6.07, 6.45) is 19.2. The summed E-state index contributed by atoms with van der Waals surface area (Å²) in [6, 6.07) is 6.39. The molecule has 0 saturated carbocycles. The summed E-state index contributed by atoms with van der Waals surface area (Å²) >= 11 is 0. The molecular formula is C30H39N3. The zero-order valence-corrected chi connectivity index (χ0v) is 20.5. The molecule has 0 amide bonds. The number of rotatable bonds is 13. The Bertz CT molecular complexity index is 1090. The molecule has 1 aromatic carbocycles. The predicted octanol–water partition coefficient (Wildman–Crippen LogP) is 7.15. The van der Waals surface area contributed by atoms with Gasteiger partial charge in [0, 0.05) is 28.4 Å². The van der Waals surface area contributed by atoms with Gasteiger partial charge >= 0.3 is 0 Å². The molecule has 1 atom stereocenters. The summed E-state index contributed by atoms with van der Waals surface area (Å²) < 4.78 is 0. The van der Waals surface area contributed by atoms with E-state index in [4.69, 9.17) is 5.73 Å². The van der Waals surface area contributed by atoms with E-state index in [0.29, 0.717) is 6.54 Å². The minimum atomic E-state index is -0.162. The van der Waals surface area contributed by atoms with Crippen molar-refractivity contribution in [3.8, 4) is 0 Å². The average molecular weight is 442 g/mol. The third kappa shape index (κ3) is 7.10. The fourth-order valence-corrected chi connectivity index (χ4v) is 3.67. The number of aryl methyl sites for hydroxylation is 1. The molecule has 3 heteroatoms. The van der Waals surface area contributed by atoms with E-state index >= 15 is 0 Å². The SMILES string of the molecule is C=C/C(=C\C(C)=C/C)NC(C(=C)c1c[nH]c2ccc(CCCN)cc12)/C(C=C)=C/C=C\CC. The lowest BCUT2D eigenvalue weighted by atomic mass is 9.92. The summed E-state index contributed by atoms with van der Waals surface area (Å²) in [5.41, 5.74) is 13.3. The second-order valence-electron chi connectivity index (χ2n) is 8.12. The van der Waals surface area contributed by atoms with Gasteiger partial charge in [-0.05, 0) is 80.6 Å². The quantitative estimate of drug-likeness (QED) is 0.289. The van der Waals surface area contributed by atoms with Crippen LogP contribution in [0.1, 0.15) is 44.7 Å². The summed E-state index contributed by atoms with van der Waals surface area (Å²) in [6.45, 7) is 19.5. The number of aromatic nitrogens is 1. The van der Waals surface area contributed by atoms with E-state index in [1.807, 2.05) is 25.3 Å².